The molecule has 1 saturated carbocycles. The summed E-state index contributed by atoms with van der Waals surface area (Å²) < 4.78 is 15.1. The van der Waals surface area contributed by atoms with Gasteiger partial charge in [-0.3, -0.25) is 9.36 Å². The van der Waals surface area contributed by atoms with E-state index in [4.69, 9.17) is 14.6 Å². The summed E-state index contributed by atoms with van der Waals surface area (Å²) in [7, 11) is 1.61. The number of ether oxygens (including phenoxy) is 2. The fraction of sp³-hybridized carbons (Fsp3) is 0.375. The van der Waals surface area contributed by atoms with Crippen molar-refractivity contribution in [2.24, 2.45) is 0 Å². The van der Waals surface area contributed by atoms with Gasteiger partial charge in [0.2, 0.25) is 0 Å². The number of nitriles is 1. The quantitative estimate of drug-likeness (QED) is 0.287. The highest BCUT2D eigenvalue weighted by molar-refractivity contribution is 5.76. The number of benzene rings is 2. The summed E-state index contributed by atoms with van der Waals surface area (Å²) in [6.45, 7) is 1.79. The van der Waals surface area contributed by atoms with E-state index < -0.39 is 5.97 Å². The first-order valence-corrected chi connectivity index (χ1v) is 14.0. The first-order chi connectivity index (χ1) is 19.9. The van der Waals surface area contributed by atoms with Gasteiger partial charge in [-0.15, -0.1) is 0 Å². The Morgan fingerprint density at radius 3 is 2.61 bits per heavy atom. The van der Waals surface area contributed by atoms with Crippen molar-refractivity contribution >= 4 is 11.6 Å². The van der Waals surface area contributed by atoms with Crippen LogP contribution in [-0.4, -0.2) is 45.1 Å². The molecule has 0 saturated heterocycles. The van der Waals surface area contributed by atoms with Gasteiger partial charge in [-0.25, -0.2) is 9.31 Å². The maximum Gasteiger partial charge on any atom is 0.329 e. The highest BCUT2D eigenvalue weighted by atomic mass is 16.5. The van der Waals surface area contributed by atoms with Gasteiger partial charge in [0.15, 0.2) is 0 Å². The topological polar surface area (TPSA) is 119 Å². The van der Waals surface area contributed by atoms with E-state index in [1.165, 1.54) is 0 Å². The van der Waals surface area contributed by atoms with Gasteiger partial charge in [-0.1, -0.05) is 43.7 Å². The number of aromatic nitrogens is 3. The lowest BCUT2D eigenvalue weighted by molar-refractivity contribution is -0.145. The summed E-state index contributed by atoms with van der Waals surface area (Å²) >= 11 is 0. The fourth-order valence-corrected chi connectivity index (χ4v) is 5.96. The molecule has 1 fully saturated rings. The molecule has 0 unspecified atom stereocenters. The molecule has 0 atom stereocenters. The first kappa shape index (κ1) is 28.1. The molecule has 9 nitrogen and oxygen atoms in total. The highest BCUT2D eigenvalue weighted by Crippen LogP contribution is 2.34. The Kier molecular flexibility index (Phi) is 8.50. The predicted octanol–water partition coefficient (Wildman–Crippen LogP) is 5.17. The van der Waals surface area contributed by atoms with Gasteiger partial charge in [0, 0.05) is 35.2 Å². The average Bonchev–Trinajstić information content (AvgIpc) is 3.47. The van der Waals surface area contributed by atoms with Crippen molar-refractivity contribution in [3.05, 3.63) is 87.5 Å². The number of carboxylic acid groups (broad SMARTS) is 1. The monoisotopic (exact) mass is 554 g/mol. The molecule has 0 amide bonds. The third-order valence-electron chi connectivity index (χ3n) is 7.87. The van der Waals surface area contributed by atoms with Crippen LogP contribution in [0.2, 0.25) is 0 Å². The second-order valence-electron chi connectivity index (χ2n) is 10.5. The van der Waals surface area contributed by atoms with E-state index >= 15 is 0 Å². The largest absolute Gasteiger partial charge is 0.496 e. The average molecular weight is 555 g/mol. The van der Waals surface area contributed by atoms with Crippen LogP contribution >= 0.6 is 0 Å². The van der Waals surface area contributed by atoms with Crippen molar-refractivity contribution in [3.63, 3.8) is 0 Å². The molecule has 1 aliphatic carbocycles. The zero-order valence-electron chi connectivity index (χ0n) is 23.4. The lowest BCUT2D eigenvalue weighted by atomic mass is 9.92. The number of aryl methyl sites for hydroxylation is 1. The zero-order valence-corrected chi connectivity index (χ0v) is 23.4. The van der Waals surface area contributed by atoms with Gasteiger partial charge in [0.1, 0.15) is 18.0 Å². The van der Waals surface area contributed by atoms with E-state index in [1.807, 2.05) is 51.5 Å². The van der Waals surface area contributed by atoms with Gasteiger partial charge in [-0.05, 0) is 49.8 Å². The van der Waals surface area contributed by atoms with Crippen LogP contribution in [0.3, 0.4) is 0 Å². The normalized spacial score (nSPS) is 16.9. The molecule has 1 aliphatic rings. The number of carbonyl (C=O) groups is 1. The number of hydrogen-bond acceptors (Lipinski definition) is 6. The molecule has 2 aromatic carbocycles. The van der Waals surface area contributed by atoms with E-state index in [9.17, 15) is 14.9 Å². The van der Waals surface area contributed by atoms with Crippen LogP contribution in [0.15, 0.2) is 59.5 Å². The number of carboxylic acids is 1. The highest BCUT2D eigenvalue weighted by Gasteiger charge is 2.28. The molecule has 41 heavy (non-hydrogen) atoms. The smallest absolute Gasteiger partial charge is 0.329 e. The Labute approximate surface area is 238 Å². The fourth-order valence-electron chi connectivity index (χ4n) is 5.96. The lowest BCUT2D eigenvalue weighted by Crippen LogP contribution is -2.35. The Balaban J connectivity index is 1.52. The van der Waals surface area contributed by atoms with Gasteiger partial charge in [-0.2, -0.15) is 10.4 Å². The van der Waals surface area contributed by atoms with Crippen LogP contribution in [0.4, 0.5) is 0 Å². The molecule has 2 heterocycles. The molecule has 5 rings (SSSR count). The van der Waals surface area contributed by atoms with Crippen LogP contribution < -0.4 is 10.3 Å². The summed E-state index contributed by atoms with van der Waals surface area (Å²) in [6, 6.07) is 17.4. The van der Waals surface area contributed by atoms with Crippen LogP contribution in [-0.2, 0) is 22.4 Å². The van der Waals surface area contributed by atoms with Crippen molar-refractivity contribution < 1.29 is 19.4 Å². The first-order valence-electron chi connectivity index (χ1n) is 14.0. The maximum atomic E-state index is 14.2. The zero-order chi connectivity index (χ0) is 28.9. The van der Waals surface area contributed by atoms with E-state index in [0.717, 1.165) is 47.3 Å². The van der Waals surface area contributed by atoms with Gasteiger partial charge < -0.3 is 14.6 Å². The molecule has 212 valence electrons. The Bertz CT molecular complexity index is 1660. The number of fused-ring (bicyclic) bond motifs is 1. The second kappa shape index (κ2) is 12.4. The molecule has 0 spiro atoms. The second-order valence-corrected chi connectivity index (χ2v) is 10.5. The minimum absolute atomic E-state index is 0.0192. The Morgan fingerprint density at radius 2 is 1.90 bits per heavy atom. The molecular formula is C32H34N4O5. The Hall–Kier alpha value is -4.42. The standard InChI is InChI=1S/C32H34N4O5/c1-3-6-28-27(17-21-9-14-26(29(18-21)40-2)25-8-5-4-7-22(25)19-33)32(39)35(30-15-16-34-36(28)30)23-10-12-24(13-11-23)41-20-31(37)38/h4-5,7-9,14-16,18,23-24H,3,6,10-13,17,20H2,1-2H3,(H,37,38)/t23-,24-. The third kappa shape index (κ3) is 5.74. The molecule has 2 aromatic heterocycles. The van der Waals surface area contributed by atoms with Gasteiger partial charge in [0.25, 0.3) is 5.56 Å². The number of aliphatic carboxylic acids is 1. The van der Waals surface area contributed by atoms with Crippen molar-refractivity contribution in [2.75, 3.05) is 13.7 Å². The van der Waals surface area contributed by atoms with E-state index in [1.54, 1.807) is 19.4 Å². The van der Waals surface area contributed by atoms with E-state index in [2.05, 4.69) is 18.1 Å². The minimum atomic E-state index is -0.973. The Morgan fingerprint density at radius 1 is 1.12 bits per heavy atom. The number of nitrogens with zero attached hydrogens (tertiary/aromatic N) is 4. The van der Waals surface area contributed by atoms with E-state index in [-0.39, 0.29) is 24.3 Å². The molecular weight excluding hydrogens is 520 g/mol. The summed E-state index contributed by atoms with van der Waals surface area (Å²) in [6.07, 6.45) is 6.44. The van der Waals surface area contributed by atoms with Crippen LogP contribution in [0.5, 0.6) is 5.75 Å². The molecule has 0 aliphatic heterocycles. The van der Waals surface area contributed by atoms with Crippen molar-refractivity contribution in [1.82, 2.24) is 14.2 Å². The maximum absolute atomic E-state index is 14.2. The van der Waals surface area contributed by atoms with Crippen molar-refractivity contribution in [3.8, 4) is 22.9 Å². The molecule has 1 N–H and O–H groups in total. The van der Waals surface area contributed by atoms with Crippen LogP contribution in [0.1, 0.15) is 67.5 Å². The van der Waals surface area contributed by atoms with Gasteiger partial charge >= 0.3 is 5.97 Å². The summed E-state index contributed by atoms with van der Waals surface area (Å²) in [5.74, 6) is -0.332. The molecule has 4 aromatic rings. The van der Waals surface area contributed by atoms with Crippen LogP contribution in [0, 0.1) is 11.3 Å². The SMILES string of the molecule is CCCc1c(Cc2ccc(-c3ccccc3C#N)c(OC)c2)c(=O)n([C@H]2CC[C@H](OCC(=O)O)CC2)c2ccnn12. The number of hydrogen-bond donors (Lipinski definition) is 1. The van der Waals surface area contributed by atoms with Gasteiger partial charge in [0.05, 0.1) is 36.7 Å². The summed E-state index contributed by atoms with van der Waals surface area (Å²) in [4.78, 5) is 25.2. The molecule has 0 bridgehead atoms. The van der Waals surface area contributed by atoms with Crippen molar-refractivity contribution in [1.29, 1.82) is 5.26 Å². The predicted molar refractivity (Wildman–Crippen MR) is 154 cm³/mol. The number of rotatable bonds is 10. The summed E-state index contributed by atoms with van der Waals surface area (Å²) in [5.41, 5.74) is 5.49. The number of methoxy groups -OCH3 is 1. The summed E-state index contributed by atoms with van der Waals surface area (Å²) in [5, 5.41) is 23.2. The molecule has 0 radical (unpaired) electrons. The van der Waals surface area contributed by atoms with E-state index in [0.29, 0.717) is 42.6 Å². The van der Waals surface area contributed by atoms with Crippen molar-refractivity contribution in [2.45, 2.75) is 64.0 Å². The van der Waals surface area contributed by atoms with Crippen LogP contribution in [0.25, 0.3) is 16.8 Å². The third-order valence-corrected chi connectivity index (χ3v) is 7.87. The lowest BCUT2D eigenvalue weighted by Gasteiger charge is -2.30. The minimum Gasteiger partial charge on any atom is -0.496 e. The molecule has 9 heteroatoms.